The molecule has 1 aromatic carbocycles. The smallest absolute Gasteiger partial charge is 0.130 e. The lowest BCUT2D eigenvalue weighted by atomic mass is 10.1. The highest BCUT2D eigenvalue weighted by molar-refractivity contribution is 7.81. The van der Waals surface area contributed by atoms with Crippen LogP contribution in [0, 0.1) is 6.92 Å². The zero-order chi connectivity index (χ0) is 14.9. The van der Waals surface area contributed by atoms with Crippen molar-refractivity contribution in [3.8, 4) is 0 Å². The predicted molar refractivity (Wildman–Crippen MR) is 88.7 cm³/mol. The number of anilines is 1. The summed E-state index contributed by atoms with van der Waals surface area (Å²) in [6.45, 7) is 8.29. The van der Waals surface area contributed by atoms with E-state index in [1.165, 1.54) is 0 Å². The van der Waals surface area contributed by atoms with Crippen LogP contribution in [-0.2, 0) is 5.54 Å². The minimum Gasteiger partial charge on any atom is -0.331 e. The van der Waals surface area contributed by atoms with Crippen molar-refractivity contribution in [1.29, 1.82) is 0 Å². The van der Waals surface area contributed by atoms with Crippen LogP contribution in [0.25, 0.3) is 0 Å². The number of thiocarbonyl (C=S) groups is 1. The topological polar surface area (TPSA) is 29.9 Å². The molecule has 0 aliphatic heterocycles. The summed E-state index contributed by atoms with van der Waals surface area (Å²) in [5.74, 6) is 0.898. The highest BCUT2D eigenvalue weighted by Gasteiger charge is 2.19. The van der Waals surface area contributed by atoms with Gasteiger partial charge in [-0.1, -0.05) is 36.0 Å². The SMILES string of the molecule is Cc1cc(NC(=S)c2ccc(Cl)cc2)n(C(C)(C)C)n1. The molecule has 0 saturated heterocycles. The van der Waals surface area contributed by atoms with Crippen LogP contribution in [0.2, 0.25) is 5.02 Å². The first-order chi connectivity index (χ1) is 9.27. The lowest BCUT2D eigenvalue weighted by Gasteiger charge is -2.23. The zero-order valence-electron chi connectivity index (χ0n) is 12.1. The lowest BCUT2D eigenvalue weighted by molar-refractivity contribution is 0.360. The molecule has 0 radical (unpaired) electrons. The quantitative estimate of drug-likeness (QED) is 0.835. The Morgan fingerprint density at radius 2 is 1.85 bits per heavy atom. The largest absolute Gasteiger partial charge is 0.331 e. The summed E-state index contributed by atoms with van der Waals surface area (Å²) in [4.78, 5) is 0.659. The second-order valence-corrected chi connectivity index (χ2v) is 6.56. The Morgan fingerprint density at radius 1 is 1.25 bits per heavy atom. The van der Waals surface area contributed by atoms with Crippen molar-refractivity contribution < 1.29 is 0 Å². The van der Waals surface area contributed by atoms with Gasteiger partial charge in [-0.05, 0) is 39.8 Å². The molecule has 1 heterocycles. The normalized spacial score (nSPS) is 11.4. The minimum atomic E-state index is -0.105. The molecule has 5 heteroatoms. The predicted octanol–water partition coefficient (Wildman–Crippen LogP) is 4.39. The van der Waals surface area contributed by atoms with E-state index in [1.807, 2.05) is 41.9 Å². The van der Waals surface area contributed by atoms with Crippen molar-refractivity contribution in [2.24, 2.45) is 0 Å². The Balaban J connectivity index is 2.26. The molecule has 0 fully saturated rings. The molecule has 0 spiro atoms. The van der Waals surface area contributed by atoms with Gasteiger partial charge in [0.05, 0.1) is 11.2 Å². The number of rotatable bonds is 2. The molecule has 0 amide bonds. The van der Waals surface area contributed by atoms with Gasteiger partial charge in [-0.15, -0.1) is 0 Å². The van der Waals surface area contributed by atoms with Gasteiger partial charge in [-0.25, -0.2) is 4.68 Å². The Hall–Kier alpha value is -1.39. The zero-order valence-corrected chi connectivity index (χ0v) is 13.6. The van der Waals surface area contributed by atoms with Gasteiger partial charge in [0.15, 0.2) is 0 Å². The average molecular weight is 308 g/mol. The molecule has 0 saturated carbocycles. The van der Waals surface area contributed by atoms with E-state index < -0.39 is 0 Å². The molecule has 106 valence electrons. The average Bonchev–Trinajstić information content (AvgIpc) is 2.71. The van der Waals surface area contributed by atoms with Crippen molar-refractivity contribution in [2.75, 3.05) is 5.32 Å². The van der Waals surface area contributed by atoms with Gasteiger partial charge in [0, 0.05) is 16.7 Å². The second-order valence-electron chi connectivity index (χ2n) is 5.71. The Labute approximate surface area is 129 Å². The van der Waals surface area contributed by atoms with Crippen molar-refractivity contribution in [3.63, 3.8) is 0 Å². The summed E-state index contributed by atoms with van der Waals surface area (Å²) in [5.41, 5.74) is 1.79. The van der Waals surface area contributed by atoms with Gasteiger partial charge in [0.25, 0.3) is 0 Å². The van der Waals surface area contributed by atoms with E-state index in [0.29, 0.717) is 10.0 Å². The number of nitrogens with zero attached hydrogens (tertiary/aromatic N) is 2. The summed E-state index contributed by atoms with van der Waals surface area (Å²) in [7, 11) is 0. The van der Waals surface area contributed by atoms with Gasteiger partial charge in [0.1, 0.15) is 10.8 Å². The molecule has 0 unspecified atom stereocenters. The monoisotopic (exact) mass is 307 g/mol. The number of nitrogens with one attached hydrogen (secondary N) is 1. The first-order valence-corrected chi connectivity index (χ1v) is 7.20. The van der Waals surface area contributed by atoms with Crippen LogP contribution in [0.1, 0.15) is 32.0 Å². The van der Waals surface area contributed by atoms with Crippen LogP contribution in [0.15, 0.2) is 30.3 Å². The van der Waals surface area contributed by atoms with Crippen LogP contribution < -0.4 is 5.32 Å². The van der Waals surface area contributed by atoms with Crippen LogP contribution in [0.5, 0.6) is 0 Å². The molecule has 1 N–H and O–H groups in total. The van der Waals surface area contributed by atoms with Crippen molar-refractivity contribution >= 4 is 34.6 Å². The van der Waals surface area contributed by atoms with E-state index in [1.54, 1.807) is 0 Å². The van der Waals surface area contributed by atoms with Gasteiger partial charge in [-0.3, -0.25) is 0 Å². The molecule has 0 atom stereocenters. The maximum Gasteiger partial charge on any atom is 0.130 e. The summed E-state index contributed by atoms with van der Waals surface area (Å²) in [6.07, 6.45) is 0. The van der Waals surface area contributed by atoms with Crippen molar-refractivity contribution in [2.45, 2.75) is 33.2 Å². The van der Waals surface area contributed by atoms with Crippen LogP contribution >= 0.6 is 23.8 Å². The maximum atomic E-state index is 5.89. The van der Waals surface area contributed by atoms with E-state index in [9.17, 15) is 0 Å². The van der Waals surface area contributed by atoms with E-state index in [2.05, 4.69) is 31.2 Å². The molecule has 3 nitrogen and oxygen atoms in total. The first kappa shape index (κ1) is 15.0. The number of hydrogen-bond acceptors (Lipinski definition) is 2. The third kappa shape index (κ3) is 3.38. The molecular formula is C15H18ClN3S. The van der Waals surface area contributed by atoms with Crippen LogP contribution in [-0.4, -0.2) is 14.8 Å². The number of aryl methyl sites for hydroxylation is 1. The third-order valence-electron chi connectivity index (χ3n) is 2.81. The fraction of sp³-hybridized carbons (Fsp3) is 0.333. The molecule has 0 aliphatic carbocycles. The molecule has 20 heavy (non-hydrogen) atoms. The Bertz CT molecular complexity index is 624. The number of aromatic nitrogens is 2. The van der Waals surface area contributed by atoms with Crippen molar-refractivity contribution in [1.82, 2.24) is 9.78 Å². The van der Waals surface area contributed by atoms with Crippen molar-refractivity contribution in [3.05, 3.63) is 46.6 Å². The van der Waals surface area contributed by atoms with E-state index in [4.69, 9.17) is 23.8 Å². The second kappa shape index (κ2) is 5.54. The minimum absolute atomic E-state index is 0.105. The summed E-state index contributed by atoms with van der Waals surface area (Å²) in [6, 6.07) is 9.46. The van der Waals surface area contributed by atoms with Gasteiger partial charge >= 0.3 is 0 Å². The Kier molecular flexibility index (Phi) is 4.16. The number of benzene rings is 1. The fourth-order valence-electron chi connectivity index (χ4n) is 1.89. The molecule has 0 aliphatic rings. The van der Waals surface area contributed by atoms with E-state index >= 15 is 0 Å². The molecule has 1 aromatic heterocycles. The number of halogens is 1. The molecule has 2 rings (SSSR count). The highest BCUT2D eigenvalue weighted by atomic mass is 35.5. The van der Waals surface area contributed by atoms with Gasteiger partial charge < -0.3 is 5.32 Å². The first-order valence-electron chi connectivity index (χ1n) is 6.41. The highest BCUT2D eigenvalue weighted by Crippen LogP contribution is 2.22. The van der Waals surface area contributed by atoms with E-state index in [0.717, 1.165) is 17.1 Å². The third-order valence-corrected chi connectivity index (χ3v) is 3.40. The van der Waals surface area contributed by atoms with Gasteiger partial charge in [-0.2, -0.15) is 5.10 Å². The van der Waals surface area contributed by atoms with Crippen LogP contribution in [0.3, 0.4) is 0 Å². The molecule has 0 bridgehead atoms. The molecular weight excluding hydrogens is 290 g/mol. The number of hydrogen-bond donors (Lipinski definition) is 1. The lowest BCUT2D eigenvalue weighted by Crippen LogP contribution is -2.26. The maximum absolute atomic E-state index is 5.89. The molecule has 2 aromatic rings. The summed E-state index contributed by atoms with van der Waals surface area (Å²) < 4.78 is 1.95. The van der Waals surface area contributed by atoms with Crippen LogP contribution in [0.4, 0.5) is 5.82 Å². The standard InChI is InChI=1S/C15H18ClN3S/c1-10-9-13(19(18-10)15(2,3)4)17-14(20)11-5-7-12(16)8-6-11/h5-9H,1-4H3,(H,17,20). The van der Waals surface area contributed by atoms with E-state index in [-0.39, 0.29) is 5.54 Å². The van der Waals surface area contributed by atoms with Gasteiger partial charge in [0.2, 0.25) is 0 Å². The summed E-state index contributed by atoms with van der Waals surface area (Å²) >= 11 is 11.3. The fourth-order valence-corrected chi connectivity index (χ4v) is 2.26. The Morgan fingerprint density at radius 3 is 2.40 bits per heavy atom. The summed E-state index contributed by atoms with van der Waals surface area (Å²) in [5, 5.41) is 8.48.